The van der Waals surface area contributed by atoms with Gasteiger partial charge in [0.25, 0.3) is 0 Å². The van der Waals surface area contributed by atoms with Gasteiger partial charge in [-0.1, -0.05) is 51.1 Å². The molecule has 152 valence electrons. The number of nitrogens with zero attached hydrogens (tertiary/aromatic N) is 3. The van der Waals surface area contributed by atoms with Crippen LogP contribution in [-0.4, -0.2) is 19.9 Å². The fourth-order valence-electron chi connectivity index (χ4n) is 2.67. The summed E-state index contributed by atoms with van der Waals surface area (Å²) in [5.74, 6) is 5.60. The van der Waals surface area contributed by atoms with Crippen molar-refractivity contribution in [3.8, 4) is 11.1 Å². The van der Waals surface area contributed by atoms with Crippen molar-refractivity contribution in [2.75, 3.05) is 5.32 Å². The smallest absolute Gasteiger partial charge is 0.236 e. The van der Waals surface area contributed by atoms with E-state index in [1.165, 1.54) is 11.5 Å². The van der Waals surface area contributed by atoms with Crippen molar-refractivity contribution in [2.24, 2.45) is 16.7 Å². The molecule has 0 aliphatic carbocycles. The molecular formula is C19H22ClN7S2. The Hall–Kier alpha value is -2.33. The summed E-state index contributed by atoms with van der Waals surface area (Å²) in [4.78, 5) is 5.30. The van der Waals surface area contributed by atoms with Crippen LogP contribution in [0.2, 0.25) is 5.28 Å². The molecule has 0 spiro atoms. The molecule has 0 saturated carbocycles. The lowest BCUT2D eigenvalue weighted by Crippen LogP contribution is -2.23. The fourth-order valence-corrected chi connectivity index (χ4v) is 4.41. The molecule has 29 heavy (non-hydrogen) atoms. The SMILES string of the molecule is CC(C)(C)Sc1ccc(-c2ccccc2/C(N)=N/NN)cc1Nc1nc(Cl)ns1. The van der Waals surface area contributed by atoms with Crippen LogP contribution in [-0.2, 0) is 0 Å². The third-order valence-electron chi connectivity index (χ3n) is 3.74. The van der Waals surface area contributed by atoms with Crippen LogP contribution < -0.4 is 22.4 Å². The highest BCUT2D eigenvalue weighted by atomic mass is 35.5. The molecule has 0 radical (unpaired) electrons. The van der Waals surface area contributed by atoms with E-state index in [1.54, 1.807) is 11.8 Å². The third kappa shape index (κ3) is 5.60. The number of hydrazine groups is 1. The maximum absolute atomic E-state index is 6.08. The second-order valence-electron chi connectivity index (χ2n) is 7.09. The molecule has 1 heterocycles. The van der Waals surface area contributed by atoms with Crippen molar-refractivity contribution in [1.82, 2.24) is 14.9 Å². The lowest BCUT2D eigenvalue weighted by Gasteiger charge is -2.21. The molecule has 10 heteroatoms. The maximum atomic E-state index is 6.08. The van der Waals surface area contributed by atoms with E-state index in [9.17, 15) is 0 Å². The summed E-state index contributed by atoms with van der Waals surface area (Å²) in [7, 11) is 0. The van der Waals surface area contributed by atoms with Crippen LogP contribution in [0, 0.1) is 0 Å². The van der Waals surface area contributed by atoms with Crippen molar-refractivity contribution in [3.63, 3.8) is 0 Å². The topological polar surface area (TPSA) is 114 Å². The van der Waals surface area contributed by atoms with Crippen molar-refractivity contribution in [1.29, 1.82) is 0 Å². The normalized spacial score (nSPS) is 12.1. The zero-order chi connectivity index (χ0) is 21.0. The summed E-state index contributed by atoms with van der Waals surface area (Å²) in [6, 6.07) is 14.0. The van der Waals surface area contributed by atoms with Gasteiger partial charge in [-0.25, -0.2) is 11.4 Å². The number of anilines is 2. The molecule has 0 atom stereocenters. The minimum absolute atomic E-state index is 0.0402. The van der Waals surface area contributed by atoms with Gasteiger partial charge < -0.3 is 11.1 Å². The molecule has 0 saturated heterocycles. The van der Waals surface area contributed by atoms with Crippen LogP contribution in [0.25, 0.3) is 11.1 Å². The van der Waals surface area contributed by atoms with Gasteiger partial charge in [-0.15, -0.1) is 16.9 Å². The summed E-state index contributed by atoms with van der Waals surface area (Å²) in [5, 5.41) is 8.11. The number of nitrogens with one attached hydrogen (secondary N) is 2. The Kier molecular flexibility index (Phi) is 6.63. The van der Waals surface area contributed by atoms with Gasteiger partial charge in [-0.2, -0.15) is 9.36 Å². The zero-order valence-corrected chi connectivity index (χ0v) is 18.6. The summed E-state index contributed by atoms with van der Waals surface area (Å²) in [6.45, 7) is 6.51. The Bertz CT molecular complexity index is 1030. The second-order valence-corrected chi connectivity index (χ2v) is 10.0. The Morgan fingerprint density at radius 3 is 2.62 bits per heavy atom. The van der Waals surface area contributed by atoms with E-state index in [4.69, 9.17) is 23.2 Å². The van der Waals surface area contributed by atoms with Crippen LogP contribution in [0.3, 0.4) is 0 Å². The molecule has 2 aromatic carbocycles. The van der Waals surface area contributed by atoms with Gasteiger partial charge in [0.15, 0.2) is 5.84 Å². The Balaban J connectivity index is 2.08. The van der Waals surface area contributed by atoms with Crippen molar-refractivity contribution in [2.45, 2.75) is 30.4 Å². The molecule has 0 bridgehead atoms. The molecule has 3 rings (SSSR count). The lowest BCUT2D eigenvalue weighted by molar-refractivity contribution is 0.803. The van der Waals surface area contributed by atoms with Crippen LogP contribution in [0.5, 0.6) is 0 Å². The lowest BCUT2D eigenvalue weighted by atomic mass is 9.98. The van der Waals surface area contributed by atoms with Crippen LogP contribution in [0.4, 0.5) is 10.8 Å². The highest BCUT2D eigenvalue weighted by molar-refractivity contribution is 8.00. The average molecular weight is 448 g/mol. The maximum Gasteiger partial charge on any atom is 0.236 e. The van der Waals surface area contributed by atoms with Crippen molar-refractivity contribution in [3.05, 3.63) is 53.3 Å². The van der Waals surface area contributed by atoms with E-state index in [2.05, 4.69) is 64.3 Å². The van der Waals surface area contributed by atoms with E-state index in [0.717, 1.165) is 27.3 Å². The number of rotatable bonds is 6. The first-order valence-corrected chi connectivity index (χ1v) is 10.7. The van der Waals surface area contributed by atoms with E-state index >= 15 is 0 Å². The number of thioether (sulfide) groups is 1. The third-order valence-corrected chi connectivity index (χ3v) is 5.83. The molecule has 7 nitrogen and oxygen atoms in total. The molecule has 0 fully saturated rings. The number of hydrogen-bond acceptors (Lipinski definition) is 8. The van der Waals surface area contributed by atoms with Gasteiger partial charge in [-0.3, -0.25) is 0 Å². The van der Waals surface area contributed by atoms with E-state index in [-0.39, 0.29) is 10.0 Å². The minimum atomic E-state index is 0.0402. The summed E-state index contributed by atoms with van der Waals surface area (Å²) in [5.41, 5.74) is 11.9. The van der Waals surface area contributed by atoms with Gasteiger partial charge in [-0.05, 0) is 34.9 Å². The first-order valence-electron chi connectivity index (χ1n) is 8.74. The fraction of sp³-hybridized carbons (Fsp3) is 0.211. The molecule has 6 N–H and O–H groups in total. The molecule has 0 aliphatic heterocycles. The standard InChI is InChI=1S/C19H22ClN7S2/c1-19(2,3)28-15-9-8-11(10-14(15)23-18-24-17(20)26-29-18)12-6-4-5-7-13(12)16(21)25-27-22/h4-10,27H,22H2,1-3H3,(H2,21,25)(H,23,24,26). The van der Waals surface area contributed by atoms with Crippen LogP contribution in [0.1, 0.15) is 26.3 Å². The molecule has 0 aliphatic rings. The predicted octanol–water partition coefficient (Wildman–Crippen LogP) is 4.58. The van der Waals surface area contributed by atoms with Crippen molar-refractivity contribution >= 4 is 51.5 Å². The zero-order valence-electron chi connectivity index (χ0n) is 16.2. The molecular weight excluding hydrogens is 426 g/mol. The number of hydrazone groups is 1. The first-order chi connectivity index (χ1) is 13.8. The number of halogens is 1. The molecule has 1 aromatic heterocycles. The quantitative estimate of drug-likeness (QED) is 0.144. The van der Waals surface area contributed by atoms with E-state index in [1.807, 2.05) is 24.3 Å². The van der Waals surface area contributed by atoms with E-state index in [0.29, 0.717) is 11.0 Å². The molecule has 0 unspecified atom stereocenters. The van der Waals surface area contributed by atoms with Gasteiger partial charge in [0, 0.05) is 26.7 Å². The van der Waals surface area contributed by atoms with Crippen molar-refractivity contribution < 1.29 is 0 Å². The monoisotopic (exact) mass is 447 g/mol. The highest BCUT2D eigenvalue weighted by Crippen LogP contribution is 2.40. The van der Waals surface area contributed by atoms with Crippen LogP contribution >= 0.6 is 34.9 Å². The number of benzene rings is 2. The number of aromatic nitrogens is 2. The summed E-state index contributed by atoms with van der Waals surface area (Å²) >= 11 is 8.86. The number of hydrogen-bond donors (Lipinski definition) is 4. The van der Waals surface area contributed by atoms with Gasteiger partial charge in [0.05, 0.1) is 5.69 Å². The predicted molar refractivity (Wildman–Crippen MR) is 124 cm³/mol. The largest absolute Gasteiger partial charge is 0.382 e. The Morgan fingerprint density at radius 1 is 1.21 bits per heavy atom. The highest BCUT2D eigenvalue weighted by Gasteiger charge is 2.18. The average Bonchev–Trinajstić information content (AvgIpc) is 3.07. The first kappa shape index (κ1) is 21.4. The summed E-state index contributed by atoms with van der Waals surface area (Å²) in [6.07, 6.45) is 0. The Morgan fingerprint density at radius 2 is 1.97 bits per heavy atom. The second kappa shape index (κ2) is 9.00. The van der Waals surface area contributed by atoms with Gasteiger partial charge >= 0.3 is 0 Å². The number of nitrogens with two attached hydrogens (primary N) is 2. The number of amidine groups is 1. The summed E-state index contributed by atoms with van der Waals surface area (Å²) < 4.78 is 4.07. The van der Waals surface area contributed by atoms with Gasteiger partial charge in [0.2, 0.25) is 10.4 Å². The Labute approximate surface area is 183 Å². The molecule has 0 amide bonds. The minimum Gasteiger partial charge on any atom is -0.382 e. The van der Waals surface area contributed by atoms with Crippen LogP contribution in [0.15, 0.2) is 52.5 Å². The van der Waals surface area contributed by atoms with Gasteiger partial charge in [0.1, 0.15) is 0 Å². The van der Waals surface area contributed by atoms with E-state index < -0.39 is 0 Å². The molecule has 3 aromatic rings.